The van der Waals surface area contributed by atoms with E-state index in [0.29, 0.717) is 5.69 Å². The molecule has 1 unspecified atom stereocenters. The summed E-state index contributed by atoms with van der Waals surface area (Å²) >= 11 is 3.55. The predicted octanol–water partition coefficient (Wildman–Crippen LogP) is 3.05. The van der Waals surface area contributed by atoms with Crippen molar-refractivity contribution in [1.82, 2.24) is 0 Å². The second kappa shape index (κ2) is 4.55. The first-order valence-electron chi connectivity index (χ1n) is 5.33. The van der Waals surface area contributed by atoms with E-state index in [-0.39, 0.29) is 6.10 Å². The molecule has 0 fully saturated rings. The van der Waals surface area contributed by atoms with Gasteiger partial charge in [0.2, 0.25) is 0 Å². The number of nitrogens with two attached hydrogens (primary N) is 1. The van der Waals surface area contributed by atoms with Crippen LogP contribution < -0.4 is 5.73 Å². The van der Waals surface area contributed by atoms with Gasteiger partial charge in [-0.15, -0.1) is 0 Å². The summed E-state index contributed by atoms with van der Waals surface area (Å²) in [5.74, 6) is 0. The maximum atomic E-state index is 7.39. The summed E-state index contributed by atoms with van der Waals surface area (Å²) in [6, 6.07) is 1.98. The SMILES string of the molecule is COC1CCCc2cc(N)c(C=N)c(Br)c21. The molecule has 0 bridgehead atoms. The molecule has 0 aromatic heterocycles. The minimum atomic E-state index is 0.123. The standard InChI is InChI=1S/C12H15BrN2O/c1-16-10-4-2-3-7-5-9(15)8(6-14)12(13)11(7)10/h5-6,10,14H,2-4,15H2,1H3. The van der Waals surface area contributed by atoms with Gasteiger partial charge in [-0.05, 0) is 52.4 Å². The van der Waals surface area contributed by atoms with Crippen LogP contribution in [0.5, 0.6) is 0 Å². The highest BCUT2D eigenvalue weighted by atomic mass is 79.9. The summed E-state index contributed by atoms with van der Waals surface area (Å²) in [6.07, 6.45) is 4.61. The Labute approximate surface area is 104 Å². The lowest BCUT2D eigenvalue weighted by Gasteiger charge is -2.27. The molecule has 0 spiro atoms. The maximum absolute atomic E-state index is 7.39. The predicted molar refractivity (Wildman–Crippen MR) is 69.1 cm³/mol. The molecule has 1 aromatic rings. The highest BCUT2D eigenvalue weighted by molar-refractivity contribution is 9.10. The van der Waals surface area contributed by atoms with Crippen molar-refractivity contribution in [3.63, 3.8) is 0 Å². The van der Waals surface area contributed by atoms with Gasteiger partial charge in [0, 0.05) is 29.0 Å². The molecule has 1 aromatic carbocycles. The van der Waals surface area contributed by atoms with E-state index in [1.807, 2.05) is 6.07 Å². The molecule has 0 aliphatic heterocycles. The van der Waals surface area contributed by atoms with Crippen LogP contribution in [0.1, 0.15) is 35.6 Å². The number of nitrogens with one attached hydrogen (secondary N) is 1. The molecule has 3 nitrogen and oxygen atoms in total. The second-order valence-electron chi connectivity index (χ2n) is 4.03. The number of aryl methyl sites for hydroxylation is 1. The summed E-state index contributed by atoms with van der Waals surface area (Å²) in [5, 5.41) is 7.39. The number of nitrogen functional groups attached to an aromatic ring is 1. The van der Waals surface area contributed by atoms with Crippen LogP contribution in [0.25, 0.3) is 0 Å². The van der Waals surface area contributed by atoms with Crippen molar-refractivity contribution < 1.29 is 4.74 Å². The summed E-state index contributed by atoms with van der Waals surface area (Å²) in [4.78, 5) is 0. The third-order valence-corrected chi connectivity index (χ3v) is 3.98. The Morgan fingerprint density at radius 1 is 1.62 bits per heavy atom. The van der Waals surface area contributed by atoms with E-state index in [1.54, 1.807) is 7.11 Å². The smallest absolute Gasteiger partial charge is 0.0835 e. The van der Waals surface area contributed by atoms with Crippen LogP contribution in [0.15, 0.2) is 10.5 Å². The van der Waals surface area contributed by atoms with Gasteiger partial charge in [0.1, 0.15) is 0 Å². The highest BCUT2D eigenvalue weighted by Gasteiger charge is 2.24. The van der Waals surface area contributed by atoms with Crippen LogP contribution in [-0.4, -0.2) is 13.3 Å². The van der Waals surface area contributed by atoms with Crippen LogP contribution in [0.3, 0.4) is 0 Å². The molecule has 1 aliphatic carbocycles. The lowest BCUT2D eigenvalue weighted by atomic mass is 9.87. The zero-order valence-corrected chi connectivity index (χ0v) is 10.8. The summed E-state index contributed by atoms with van der Waals surface area (Å²) in [7, 11) is 1.73. The quantitative estimate of drug-likeness (QED) is 0.647. The van der Waals surface area contributed by atoms with Crippen LogP contribution in [-0.2, 0) is 11.2 Å². The molecule has 16 heavy (non-hydrogen) atoms. The van der Waals surface area contributed by atoms with E-state index in [2.05, 4.69) is 15.9 Å². The van der Waals surface area contributed by atoms with Gasteiger partial charge in [0.25, 0.3) is 0 Å². The number of anilines is 1. The Balaban J connectivity index is 2.63. The van der Waals surface area contributed by atoms with Crippen molar-refractivity contribution in [2.24, 2.45) is 0 Å². The first kappa shape index (κ1) is 11.6. The molecular weight excluding hydrogens is 268 g/mol. The van der Waals surface area contributed by atoms with Gasteiger partial charge in [-0.25, -0.2) is 0 Å². The van der Waals surface area contributed by atoms with Gasteiger partial charge >= 0.3 is 0 Å². The highest BCUT2D eigenvalue weighted by Crippen LogP contribution is 2.40. The van der Waals surface area contributed by atoms with E-state index in [1.165, 1.54) is 17.3 Å². The van der Waals surface area contributed by atoms with Gasteiger partial charge in [-0.1, -0.05) is 0 Å². The molecule has 0 saturated carbocycles. The zero-order valence-electron chi connectivity index (χ0n) is 9.22. The molecule has 1 aliphatic rings. The normalized spacial score (nSPS) is 19.2. The fourth-order valence-corrected chi connectivity index (χ4v) is 3.17. The van der Waals surface area contributed by atoms with Gasteiger partial charge in [-0.3, -0.25) is 0 Å². The monoisotopic (exact) mass is 282 g/mol. The number of hydrogen-bond donors (Lipinski definition) is 2. The van der Waals surface area contributed by atoms with Gasteiger partial charge < -0.3 is 15.9 Å². The van der Waals surface area contributed by atoms with Crippen LogP contribution >= 0.6 is 15.9 Å². The summed E-state index contributed by atoms with van der Waals surface area (Å²) in [5.41, 5.74) is 9.75. The zero-order chi connectivity index (χ0) is 11.7. The number of methoxy groups -OCH3 is 1. The minimum Gasteiger partial charge on any atom is -0.398 e. The lowest BCUT2D eigenvalue weighted by molar-refractivity contribution is 0.0875. The molecule has 86 valence electrons. The Kier molecular flexibility index (Phi) is 3.30. The number of rotatable bonds is 2. The van der Waals surface area contributed by atoms with Crippen LogP contribution in [0.2, 0.25) is 0 Å². The fourth-order valence-electron chi connectivity index (χ4n) is 2.32. The molecule has 0 amide bonds. The van der Waals surface area contributed by atoms with Crippen molar-refractivity contribution >= 4 is 27.8 Å². The second-order valence-corrected chi connectivity index (χ2v) is 4.82. The fraction of sp³-hybridized carbons (Fsp3) is 0.417. The van der Waals surface area contributed by atoms with Crippen molar-refractivity contribution in [1.29, 1.82) is 5.41 Å². The number of fused-ring (bicyclic) bond motifs is 1. The first-order valence-corrected chi connectivity index (χ1v) is 6.12. The van der Waals surface area contributed by atoms with Crippen LogP contribution in [0.4, 0.5) is 5.69 Å². The first-order chi connectivity index (χ1) is 7.69. The number of benzene rings is 1. The van der Waals surface area contributed by atoms with Crippen molar-refractivity contribution in [3.8, 4) is 0 Å². The van der Waals surface area contributed by atoms with E-state index < -0.39 is 0 Å². The third-order valence-electron chi connectivity index (χ3n) is 3.12. The number of halogens is 1. The molecular formula is C12H15BrN2O. The molecule has 0 saturated heterocycles. The Bertz CT molecular complexity index is 432. The Morgan fingerprint density at radius 3 is 3.00 bits per heavy atom. The van der Waals surface area contributed by atoms with E-state index in [4.69, 9.17) is 15.9 Å². The van der Waals surface area contributed by atoms with Gasteiger partial charge in [-0.2, -0.15) is 0 Å². The number of ether oxygens (including phenoxy) is 1. The van der Waals surface area contributed by atoms with Crippen LogP contribution in [0, 0.1) is 5.41 Å². The number of hydrogen-bond acceptors (Lipinski definition) is 3. The van der Waals surface area contributed by atoms with Gasteiger partial charge in [0.15, 0.2) is 0 Å². The lowest BCUT2D eigenvalue weighted by Crippen LogP contribution is -2.14. The molecule has 0 radical (unpaired) electrons. The Morgan fingerprint density at radius 2 is 2.38 bits per heavy atom. The largest absolute Gasteiger partial charge is 0.398 e. The average Bonchev–Trinajstić information content (AvgIpc) is 2.28. The van der Waals surface area contributed by atoms with Crippen molar-refractivity contribution in [3.05, 3.63) is 27.2 Å². The Hall–Kier alpha value is -0.870. The van der Waals surface area contributed by atoms with E-state index in [9.17, 15) is 0 Å². The third kappa shape index (κ3) is 1.76. The molecule has 0 heterocycles. The van der Waals surface area contributed by atoms with Crippen molar-refractivity contribution in [2.45, 2.75) is 25.4 Å². The van der Waals surface area contributed by atoms with E-state index in [0.717, 1.165) is 29.3 Å². The van der Waals surface area contributed by atoms with Crippen molar-refractivity contribution in [2.75, 3.05) is 12.8 Å². The van der Waals surface area contributed by atoms with Gasteiger partial charge in [0.05, 0.1) is 6.10 Å². The summed E-state index contributed by atoms with van der Waals surface area (Å²) < 4.78 is 6.41. The average molecular weight is 283 g/mol. The molecule has 4 heteroatoms. The molecule has 1 atom stereocenters. The molecule has 3 N–H and O–H groups in total. The van der Waals surface area contributed by atoms with E-state index >= 15 is 0 Å². The minimum absolute atomic E-state index is 0.123. The topological polar surface area (TPSA) is 59.1 Å². The molecule has 2 rings (SSSR count). The maximum Gasteiger partial charge on any atom is 0.0835 e. The summed E-state index contributed by atoms with van der Waals surface area (Å²) in [6.45, 7) is 0.